The molecule has 4 rings (SSSR count). The summed E-state index contributed by atoms with van der Waals surface area (Å²) < 4.78 is 0. The average molecular weight is 464 g/mol. The van der Waals surface area contributed by atoms with E-state index in [1.165, 1.54) is 0 Å². The summed E-state index contributed by atoms with van der Waals surface area (Å²) in [6.45, 7) is 3.74. The van der Waals surface area contributed by atoms with E-state index >= 15 is 0 Å². The molecule has 5 nitrogen and oxygen atoms in total. The molecule has 0 saturated carbocycles. The second-order valence-electron chi connectivity index (χ2n) is 7.37. The van der Waals surface area contributed by atoms with Crippen LogP contribution in [0, 0.1) is 12.3 Å². The molecule has 0 aliphatic heterocycles. The second-order valence-corrected chi connectivity index (χ2v) is 8.25. The fraction of sp³-hybridized carbons (Fsp3) is 0.200. The Balaban J connectivity index is 1.34. The molecule has 162 valence electrons. The first kappa shape index (κ1) is 22.2. The molecule has 0 unspecified atom stereocenters. The highest BCUT2D eigenvalue weighted by Gasteiger charge is 2.07. The Morgan fingerprint density at radius 3 is 1.75 bits per heavy atom. The van der Waals surface area contributed by atoms with Gasteiger partial charge in [0.25, 0.3) is 0 Å². The zero-order valence-corrected chi connectivity index (χ0v) is 19.0. The van der Waals surface area contributed by atoms with E-state index in [0.717, 1.165) is 59.4 Å². The summed E-state index contributed by atoms with van der Waals surface area (Å²) in [7, 11) is 0. The van der Waals surface area contributed by atoms with Gasteiger partial charge in [-0.15, -0.1) is 6.42 Å². The summed E-state index contributed by atoms with van der Waals surface area (Å²) in [6, 6.07) is 15.4. The Morgan fingerprint density at radius 1 is 0.781 bits per heavy atom. The number of rotatable bonds is 9. The van der Waals surface area contributed by atoms with E-state index in [-0.39, 0.29) is 0 Å². The quantitative estimate of drug-likeness (QED) is 0.318. The van der Waals surface area contributed by atoms with Crippen LogP contribution < -0.4 is 10.6 Å². The molecule has 0 radical (unpaired) electrons. The van der Waals surface area contributed by atoms with E-state index in [1.807, 2.05) is 48.5 Å². The number of fused-ring (bicyclic) bond motifs is 2. The number of aromatic nitrogens is 2. The molecule has 0 saturated heterocycles. The summed E-state index contributed by atoms with van der Waals surface area (Å²) in [6.07, 6.45) is 9.17. The SMILES string of the molecule is C#CCN(CCNc1ccnc2cc(Cl)ccc12)CCNc1ccnc2cc(Cl)ccc12. The molecule has 4 aromatic rings. The first-order valence-electron chi connectivity index (χ1n) is 10.4. The number of anilines is 2. The predicted octanol–water partition coefficient (Wildman–Crippen LogP) is 5.55. The largest absolute Gasteiger partial charge is 0.383 e. The topological polar surface area (TPSA) is 53.1 Å². The Morgan fingerprint density at radius 2 is 1.28 bits per heavy atom. The third-order valence-electron chi connectivity index (χ3n) is 5.21. The molecule has 0 aliphatic rings. The smallest absolute Gasteiger partial charge is 0.0737 e. The van der Waals surface area contributed by atoms with Crippen LogP contribution in [0.4, 0.5) is 11.4 Å². The van der Waals surface area contributed by atoms with Crippen molar-refractivity contribution in [1.29, 1.82) is 0 Å². The van der Waals surface area contributed by atoms with Crippen LogP contribution in [0.5, 0.6) is 0 Å². The molecule has 0 atom stereocenters. The van der Waals surface area contributed by atoms with Crippen LogP contribution in [0.2, 0.25) is 10.0 Å². The van der Waals surface area contributed by atoms with Gasteiger partial charge in [0.15, 0.2) is 0 Å². The first-order chi connectivity index (χ1) is 15.6. The van der Waals surface area contributed by atoms with Crippen molar-refractivity contribution in [3.8, 4) is 12.3 Å². The van der Waals surface area contributed by atoms with Crippen LogP contribution >= 0.6 is 23.2 Å². The van der Waals surface area contributed by atoms with Gasteiger partial charge in [0, 0.05) is 70.8 Å². The van der Waals surface area contributed by atoms with Crippen molar-refractivity contribution in [2.75, 3.05) is 43.4 Å². The molecule has 0 spiro atoms. The fourth-order valence-electron chi connectivity index (χ4n) is 3.65. The van der Waals surface area contributed by atoms with Crippen LogP contribution in [0.15, 0.2) is 60.9 Å². The molecule has 2 N–H and O–H groups in total. The second kappa shape index (κ2) is 10.5. The van der Waals surface area contributed by atoms with E-state index in [9.17, 15) is 0 Å². The molecular weight excluding hydrogens is 441 g/mol. The fourth-order valence-corrected chi connectivity index (χ4v) is 3.98. The van der Waals surface area contributed by atoms with Crippen LogP contribution in [0.3, 0.4) is 0 Å². The number of halogens is 2. The third kappa shape index (κ3) is 5.41. The number of hydrogen-bond acceptors (Lipinski definition) is 5. The predicted molar refractivity (Wildman–Crippen MR) is 136 cm³/mol. The lowest BCUT2D eigenvalue weighted by atomic mass is 10.2. The summed E-state index contributed by atoms with van der Waals surface area (Å²) in [5.41, 5.74) is 3.82. The number of nitrogens with zero attached hydrogens (tertiary/aromatic N) is 3. The van der Waals surface area contributed by atoms with Gasteiger partial charge in [-0.05, 0) is 48.5 Å². The van der Waals surface area contributed by atoms with Crippen molar-refractivity contribution in [2.45, 2.75) is 0 Å². The molecule has 0 fully saturated rings. The Kier molecular flexibility index (Phi) is 7.28. The average Bonchev–Trinajstić information content (AvgIpc) is 2.79. The normalized spacial score (nSPS) is 11.1. The monoisotopic (exact) mass is 463 g/mol. The van der Waals surface area contributed by atoms with Gasteiger partial charge in [0.1, 0.15) is 0 Å². The maximum Gasteiger partial charge on any atom is 0.0737 e. The van der Waals surface area contributed by atoms with E-state index in [0.29, 0.717) is 16.6 Å². The van der Waals surface area contributed by atoms with Crippen molar-refractivity contribution in [2.24, 2.45) is 0 Å². The number of hydrogen-bond donors (Lipinski definition) is 2. The Labute approximate surface area is 197 Å². The molecule has 2 aromatic heterocycles. The molecule has 0 bridgehead atoms. The lowest BCUT2D eigenvalue weighted by Crippen LogP contribution is -2.33. The van der Waals surface area contributed by atoms with Crippen LogP contribution in [-0.4, -0.2) is 47.6 Å². The summed E-state index contributed by atoms with van der Waals surface area (Å²) in [4.78, 5) is 11.0. The molecule has 7 heteroatoms. The van der Waals surface area contributed by atoms with E-state index in [2.05, 4.69) is 31.4 Å². The number of terminal acetylenes is 1. The minimum Gasteiger partial charge on any atom is -0.383 e. The number of nitrogens with one attached hydrogen (secondary N) is 2. The highest BCUT2D eigenvalue weighted by molar-refractivity contribution is 6.31. The Hall–Kier alpha value is -3.04. The van der Waals surface area contributed by atoms with Crippen molar-refractivity contribution < 1.29 is 0 Å². The van der Waals surface area contributed by atoms with Crippen molar-refractivity contribution in [3.63, 3.8) is 0 Å². The maximum atomic E-state index is 6.08. The van der Waals surface area contributed by atoms with Crippen LogP contribution in [0.1, 0.15) is 0 Å². The molecular formula is C25H23Cl2N5. The van der Waals surface area contributed by atoms with Crippen molar-refractivity contribution in [1.82, 2.24) is 14.9 Å². The van der Waals surface area contributed by atoms with Crippen molar-refractivity contribution in [3.05, 3.63) is 71.0 Å². The maximum absolute atomic E-state index is 6.08. The van der Waals surface area contributed by atoms with Gasteiger partial charge in [0.05, 0.1) is 17.6 Å². The molecule has 32 heavy (non-hydrogen) atoms. The van der Waals surface area contributed by atoms with Gasteiger partial charge in [-0.25, -0.2) is 0 Å². The lowest BCUT2D eigenvalue weighted by molar-refractivity contribution is 0.331. The van der Waals surface area contributed by atoms with E-state index < -0.39 is 0 Å². The van der Waals surface area contributed by atoms with Gasteiger partial charge < -0.3 is 10.6 Å². The summed E-state index contributed by atoms with van der Waals surface area (Å²) >= 11 is 12.2. The molecule has 2 heterocycles. The van der Waals surface area contributed by atoms with Crippen LogP contribution in [-0.2, 0) is 0 Å². The minimum absolute atomic E-state index is 0.586. The molecule has 0 aliphatic carbocycles. The highest BCUT2D eigenvalue weighted by atomic mass is 35.5. The highest BCUT2D eigenvalue weighted by Crippen LogP contribution is 2.25. The summed E-state index contributed by atoms with van der Waals surface area (Å²) in [5, 5.41) is 10.5. The first-order valence-corrected chi connectivity index (χ1v) is 11.1. The van der Waals surface area contributed by atoms with Crippen molar-refractivity contribution >= 4 is 56.4 Å². The zero-order valence-electron chi connectivity index (χ0n) is 17.5. The lowest BCUT2D eigenvalue weighted by Gasteiger charge is -2.21. The third-order valence-corrected chi connectivity index (χ3v) is 5.68. The zero-order chi connectivity index (χ0) is 22.3. The van der Waals surface area contributed by atoms with E-state index in [4.69, 9.17) is 29.6 Å². The van der Waals surface area contributed by atoms with Gasteiger partial charge in [-0.2, -0.15) is 0 Å². The van der Waals surface area contributed by atoms with Gasteiger partial charge in [-0.1, -0.05) is 29.1 Å². The van der Waals surface area contributed by atoms with Gasteiger partial charge in [0.2, 0.25) is 0 Å². The summed E-state index contributed by atoms with van der Waals surface area (Å²) in [5.74, 6) is 2.76. The standard InChI is InChI=1S/C25H23Cl2N5/c1-2-13-32(14-11-30-22-7-9-28-24-16-18(26)3-5-20(22)24)15-12-31-23-8-10-29-25-17-19(27)4-6-21(23)25/h1,3-10,16-17H,11-15H2,(H,28,30)(H,29,31). The molecule has 0 amide bonds. The number of pyridine rings is 2. The van der Waals surface area contributed by atoms with E-state index in [1.54, 1.807) is 12.4 Å². The Bertz CT molecular complexity index is 1180. The van der Waals surface area contributed by atoms with Crippen LogP contribution in [0.25, 0.3) is 21.8 Å². The van der Waals surface area contributed by atoms with Gasteiger partial charge in [-0.3, -0.25) is 14.9 Å². The minimum atomic E-state index is 0.586. The number of benzene rings is 2. The molecule has 2 aromatic carbocycles. The van der Waals surface area contributed by atoms with Gasteiger partial charge >= 0.3 is 0 Å².